The van der Waals surface area contributed by atoms with Gasteiger partial charge in [-0.2, -0.15) is 14.6 Å². The molecule has 0 amide bonds. The Bertz CT molecular complexity index is 1510. The van der Waals surface area contributed by atoms with Gasteiger partial charge >= 0.3 is 0 Å². The van der Waals surface area contributed by atoms with Crippen LogP contribution in [0.5, 0.6) is 5.75 Å². The molecule has 0 bridgehead atoms. The van der Waals surface area contributed by atoms with Crippen LogP contribution in [0.3, 0.4) is 0 Å². The molecule has 2 aromatic carbocycles. The highest BCUT2D eigenvalue weighted by atomic mass is 35.5. The van der Waals surface area contributed by atoms with Crippen LogP contribution in [0, 0.1) is 0 Å². The number of benzene rings is 2. The summed E-state index contributed by atoms with van der Waals surface area (Å²) in [5, 5.41) is 4.91. The minimum Gasteiger partial charge on any atom is -0.485 e. The maximum atomic E-state index is 13.0. The molecule has 1 atom stereocenters. The van der Waals surface area contributed by atoms with Gasteiger partial charge in [-0.15, -0.1) is 0 Å². The van der Waals surface area contributed by atoms with Crippen LogP contribution in [0.25, 0.3) is 17.1 Å². The fraction of sp³-hybridized carbons (Fsp3) is 0.130. The smallest absolute Gasteiger partial charge is 0.296 e. The lowest BCUT2D eigenvalue weighted by Crippen LogP contribution is -2.29. The molecule has 0 spiro atoms. The van der Waals surface area contributed by atoms with E-state index in [0.717, 1.165) is 33.8 Å². The highest BCUT2D eigenvalue weighted by Crippen LogP contribution is 2.29. The molecule has 0 fully saturated rings. The SMILES string of the molecule is C[C@@H]1Oc2ccccc2C=C1/C=c1\sc2nc(=O)c(Cc3ccc(Cl)cc3)nn2c1=O. The van der Waals surface area contributed by atoms with Gasteiger partial charge in [0.2, 0.25) is 4.96 Å². The minimum absolute atomic E-state index is 0.207. The van der Waals surface area contributed by atoms with Gasteiger partial charge in [0.05, 0.1) is 4.53 Å². The number of ether oxygens (including phenoxy) is 1. The van der Waals surface area contributed by atoms with Crippen molar-refractivity contribution in [2.45, 2.75) is 19.4 Å². The maximum absolute atomic E-state index is 13.0. The molecular formula is C23H16ClN3O3S. The van der Waals surface area contributed by atoms with Gasteiger partial charge in [0, 0.05) is 17.0 Å². The summed E-state index contributed by atoms with van der Waals surface area (Å²) in [4.78, 5) is 29.8. The summed E-state index contributed by atoms with van der Waals surface area (Å²) >= 11 is 7.05. The van der Waals surface area contributed by atoms with Crippen molar-refractivity contribution >= 4 is 40.1 Å². The zero-order valence-corrected chi connectivity index (χ0v) is 18.0. The predicted octanol–water partition coefficient (Wildman–Crippen LogP) is 3.12. The number of fused-ring (bicyclic) bond motifs is 2. The first kappa shape index (κ1) is 19.7. The van der Waals surface area contributed by atoms with Gasteiger partial charge in [0.25, 0.3) is 11.1 Å². The number of para-hydroxylation sites is 1. The first-order chi connectivity index (χ1) is 15.0. The topological polar surface area (TPSA) is 73.6 Å². The quantitative estimate of drug-likeness (QED) is 0.480. The molecule has 1 aliphatic heterocycles. The summed E-state index contributed by atoms with van der Waals surface area (Å²) < 4.78 is 7.60. The molecule has 8 heteroatoms. The summed E-state index contributed by atoms with van der Waals surface area (Å²) in [5.41, 5.74) is 2.15. The van der Waals surface area contributed by atoms with E-state index in [1.54, 1.807) is 18.2 Å². The molecule has 0 N–H and O–H groups in total. The third-order valence-electron chi connectivity index (χ3n) is 5.05. The number of halogens is 1. The highest BCUT2D eigenvalue weighted by Gasteiger charge is 2.18. The average molecular weight is 450 g/mol. The van der Waals surface area contributed by atoms with E-state index in [0.29, 0.717) is 9.55 Å². The number of rotatable bonds is 3. The zero-order chi connectivity index (χ0) is 21.5. The van der Waals surface area contributed by atoms with Gasteiger partial charge in [-0.3, -0.25) is 9.59 Å². The Hall–Kier alpha value is -3.29. The van der Waals surface area contributed by atoms with Crippen molar-refractivity contribution < 1.29 is 4.74 Å². The van der Waals surface area contributed by atoms with Gasteiger partial charge in [-0.25, -0.2) is 0 Å². The first-order valence-corrected chi connectivity index (χ1v) is 10.8. The second-order valence-electron chi connectivity index (χ2n) is 7.22. The van der Waals surface area contributed by atoms with Crippen LogP contribution in [-0.2, 0) is 6.42 Å². The standard InChI is InChI=1S/C23H16ClN3O3S/c1-13-16(11-15-4-2-3-5-19(15)30-13)12-20-22(29)27-23(31-20)25-21(28)18(26-27)10-14-6-8-17(24)9-7-14/h2-9,11-13H,10H2,1H3/b20-12-/t13-/m0/s1. The fourth-order valence-corrected chi connectivity index (χ4v) is 4.45. The molecule has 2 aromatic heterocycles. The normalized spacial score (nSPS) is 16.1. The van der Waals surface area contributed by atoms with Crippen LogP contribution in [0.15, 0.2) is 63.7 Å². The number of hydrogen-bond donors (Lipinski definition) is 0. The average Bonchev–Trinajstić information content (AvgIpc) is 3.05. The van der Waals surface area contributed by atoms with Crippen LogP contribution < -0.4 is 20.4 Å². The number of nitrogens with zero attached hydrogens (tertiary/aromatic N) is 3. The van der Waals surface area contributed by atoms with Gasteiger partial charge in [-0.1, -0.05) is 53.3 Å². The third kappa shape index (κ3) is 3.78. The molecule has 1 aliphatic rings. The van der Waals surface area contributed by atoms with Crippen LogP contribution in [0.2, 0.25) is 5.02 Å². The van der Waals surface area contributed by atoms with E-state index in [4.69, 9.17) is 16.3 Å². The molecule has 31 heavy (non-hydrogen) atoms. The molecule has 0 aliphatic carbocycles. The second kappa shape index (κ2) is 7.76. The van der Waals surface area contributed by atoms with Crippen LogP contribution in [0.4, 0.5) is 0 Å². The number of hydrogen-bond acceptors (Lipinski definition) is 6. The zero-order valence-electron chi connectivity index (χ0n) is 16.4. The Labute approximate surface area is 185 Å². The van der Waals surface area contributed by atoms with Gasteiger partial charge < -0.3 is 4.74 Å². The fourth-order valence-electron chi connectivity index (χ4n) is 3.42. The largest absolute Gasteiger partial charge is 0.485 e. The molecule has 0 unspecified atom stereocenters. The molecule has 0 saturated carbocycles. The Balaban J connectivity index is 1.58. The Morgan fingerprint density at radius 3 is 2.74 bits per heavy atom. The van der Waals surface area contributed by atoms with Gasteiger partial charge in [0.1, 0.15) is 17.5 Å². The summed E-state index contributed by atoms with van der Waals surface area (Å²) in [6.45, 7) is 1.93. The van der Waals surface area contributed by atoms with Gasteiger partial charge in [-0.05, 0) is 48.4 Å². The van der Waals surface area contributed by atoms with E-state index in [1.807, 2.05) is 49.4 Å². The second-order valence-corrected chi connectivity index (χ2v) is 8.66. The van der Waals surface area contributed by atoms with Crippen molar-refractivity contribution in [3.05, 3.63) is 101 Å². The number of thiazole rings is 1. The Morgan fingerprint density at radius 1 is 1.16 bits per heavy atom. The van der Waals surface area contributed by atoms with E-state index >= 15 is 0 Å². The molecule has 3 heterocycles. The summed E-state index contributed by atoms with van der Waals surface area (Å²) in [7, 11) is 0. The van der Waals surface area contributed by atoms with Crippen molar-refractivity contribution in [1.82, 2.24) is 14.6 Å². The van der Waals surface area contributed by atoms with Crippen molar-refractivity contribution in [2.24, 2.45) is 0 Å². The van der Waals surface area contributed by atoms with E-state index in [2.05, 4.69) is 10.1 Å². The molecular weight excluding hydrogens is 434 g/mol. The van der Waals surface area contributed by atoms with Crippen LogP contribution in [0.1, 0.15) is 23.7 Å². The Kier molecular flexibility index (Phi) is 4.92. The molecule has 0 saturated heterocycles. The van der Waals surface area contributed by atoms with Gasteiger partial charge in [0.15, 0.2) is 0 Å². The lowest BCUT2D eigenvalue weighted by molar-refractivity contribution is 0.259. The number of aromatic nitrogens is 3. The first-order valence-electron chi connectivity index (χ1n) is 9.64. The van der Waals surface area contributed by atoms with E-state index in [9.17, 15) is 9.59 Å². The van der Waals surface area contributed by atoms with Crippen molar-refractivity contribution in [3.8, 4) is 5.75 Å². The van der Waals surface area contributed by atoms with Crippen molar-refractivity contribution in [1.29, 1.82) is 0 Å². The maximum Gasteiger partial charge on any atom is 0.296 e. The van der Waals surface area contributed by atoms with Crippen LogP contribution >= 0.6 is 22.9 Å². The predicted molar refractivity (Wildman–Crippen MR) is 122 cm³/mol. The van der Waals surface area contributed by atoms with Crippen molar-refractivity contribution in [3.63, 3.8) is 0 Å². The summed E-state index contributed by atoms with van der Waals surface area (Å²) in [6, 6.07) is 14.9. The van der Waals surface area contributed by atoms with E-state index in [1.165, 1.54) is 4.52 Å². The monoisotopic (exact) mass is 449 g/mol. The molecule has 6 nitrogen and oxygen atoms in total. The van der Waals surface area contributed by atoms with E-state index in [-0.39, 0.29) is 28.7 Å². The molecule has 154 valence electrons. The Morgan fingerprint density at radius 2 is 1.94 bits per heavy atom. The highest BCUT2D eigenvalue weighted by molar-refractivity contribution is 7.15. The molecule has 4 aromatic rings. The van der Waals surface area contributed by atoms with Crippen molar-refractivity contribution in [2.75, 3.05) is 0 Å². The lowest BCUT2D eigenvalue weighted by atomic mass is 10.0. The molecule has 0 radical (unpaired) electrons. The lowest BCUT2D eigenvalue weighted by Gasteiger charge is -2.22. The third-order valence-corrected chi connectivity index (χ3v) is 6.26. The van der Waals surface area contributed by atoms with E-state index < -0.39 is 5.56 Å². The minimum atomic E-state index is -0.440. The molecule has 5 rings (SSSR count). The summed E-state index contributed by atoms with van der Waals surface area (Å²) in [6.07, 6.45) is 3.85. The summed E-state index contributed by atoms with van der Waals surface area (Å²) in [5.74, 6) is 0.811. The van der Waals surface area contributed by atoms with Crippen LogP contribution in [-0.4, -0.2) is 20.7 Å².